The fourth-order valence-corrected chi connectivity index (χ4v) is 5.39. The molecule has 1 aliphatic rings. The van der Waals surface area contributed by atoms with Crippen LogP contribution in [0.25, 0.3) is 10.8 Å². The number of carbonyl (C=O) groups excluding carboxylic acids is 2. The fraction of sp³-hybridized carbons (Fsp3) is 0.269. The van der Waals surface area contributed by atoms with Crippen LogP contribution < -0.4 is 20.3 Å². The Bertz CT molecular complexity index is 1330. The molecular weight excluding hydrogens is 564 g/mol. The van der Waals surface area contributed by atoms with Crippen LogP contribution in [0.15, 0.2) is 53.0 Å². The predicted octanol–water partition coefficient (Wildman–Crippen LogP) is 5.45. The lowest BCUT2D eigenvalue weighted by Gasteiger charge is -2.37. The minimum Gasteiger partial charge on any atom is -0.495 e. The van der Waals surface area contributed by atoms with E-state index in [1.54, 1.807) is 12.1 Å². The maximum Gasteiger partial charge on any atom is 0.261 e. The number of piperazine rings is 1. The van der Waals surface area contributed by atoms with Gasteiger partial charge < -0.3 is 19.9 Å². The van der Waals surface area contributed by atoms with Gasteiger partial charge in [0, 0.05) is 37.6 Å². The minimum atomic E-state index is -0.397. The SMILES string of the molecule is CCC(=O)N1CCN(c2ccc(Cl)cc2NC(=S)NC(=O)c2cc3ccccc3c(Br)c2OC)CC1. The molecule has 1 saturated heterocycles. The van der Waals surface area contributed by atoms with Crippen LogP contribution in [0.3, 0.4) is 0 Å². The molecule has 0 bridgehead atoms. The second-order valence-electron chi connectivity index (χ2n) is 8.28. The molecule has 3 aromatic carbocycles. The lowest BCUT2D eigenvalue weighted by molar-refractivity contribution is -0.131. The van der Waals surface area contributed by atoms with Gasteiger partial charge in [-0.1, -0.05) is 42.8 Å². The molecule has 10 heteroatoms. The number of carbonyl (C=O) groups is 2. The van der Waals surface area contributed by atoms with Gasteiger partial charge in [0.05, 0.1) is 28.5 Å². The number of benzene rings is 3. The van der Waals surface area contributed by atoms with Gasteiger partial charge in [-0.05, 0) is 63.2 Å². The molecule has 0 atom stereocenters. The molecule has 0 saturated carbocycles. The Morgan fingerprint density at radius 3 is 2.53 bits per heavy atom. The van der Waals surface area contributed by atoms with Gasteiger partial charge in [-0.2, -0.15) is 0 Å². The van der Waals surface area contributed by atoms with Gasteiger partial charge in [-0.25, -0.2) is 0 Å². The number of amides is 2. The third-order valence-corrected chi connectivity index (χ3v) is 7.33. The summed E-state index contributed by atoms with van der Waals surface area (Å²) in [7, 11) is 1.52. The maximum atomic E-state index is 13.2. The molecule has 2 N–H and O–H groups in total. The summed E-state index contributed by atoms with van der Waals surface area (Å²) in [5.74, 6) is 0.187. The number of hydrogen-bond acceptors (Lipinski definition) is 5. The van der Waals surface area contributed by atoms with Gasteiger partial charge in [-0.15, -0.1) is 0 Å². The zero-order chi connectivity index (χ0) is 25.8. The van der Waals surface area contributed by atoms with Crippen LogP contribution in [0.5, 0.6) is 5.75 Å². The maximum absolute atomic E-state index is 13.2. The van der Waals surface area contributed by atoms with Crippen molar-refractivity contribution in [2.24, 2.45) is 0 Å². The van der Waals surface area contributed by atoms with Crippen molar-refractivity contribution in [1.29, 1.82) is 0 Å². The van der Waals surface area contributed by atoms with Crippen molar-refractivity contribution < 1.29 is 14.3 Å². The van der Waals surface area contributed by atoms with E-state index in [4.69, 9.17) is 28.6 Å². The number of ether oxygens (including phenoxy) is 1. The zero-order valence-electron chi connectivity index (χ0n) is 19.9. The smallest absolute Gasteiger partial charge is 0.261 e. The normalized spacial score (nSPS) is 13.4. The van der Waals surface area contributed by atoms with Crippen LogP contribution in [0, 0.1) is 0 Å². The van der Waals surface area contributed by atoms with Gasteiger partial charge >= 0.3 is 0 Å². The lowest BCUT2D eigenvalue weighted by atomic mass is 10.1. The van der Waals surface area contributed by atoms with Crippen LogP contribution in [-0.4, -0.2) is 55.1 Å². The Morgan fingerprint density at radius 2 is 1.83 bits per heavy atom. The number of thiocarbonyl (C=S) groups is 1. The number of anilines is 2. The molecule has 2 amide bonds. The van der Waals surface area contributed by atoms with Gasteiger partial charge in [0.25, 0.3) is 5.91 Å². The Kier molecular flexibility index (Phi) is 8.33. The molecule has 1 aliphatic heterocycles. The molecule has 0 radical (unpaired) electrons. The summed E-state index contributed by atoms with van der Waals surface area (Å²) in [4.78, 5) is 29.3. The number of nitrogens with one attached hydrogen (secondary N) is 2. The molecule has 1 heterocycles. The van der Waals surface area contributed by atoms with Gasteiger partial charge in [0.15, 0.2) is 5.11 Å². The van der Waals surface area contributed by atoms with E-state index >= 15 is 0 Å². The third-order valence-electron chi connectivity index (χ3n) is 6.10. The van der Waals surface area contributed by atoms with E-state index in [0.29, 0.717) is 59.1 Å². The second-order valence-corrected chi connectivity index (χ2v) is 9.92. The van der Waals surface area contributed by atoms with Gasteiger partial charge in [-0.3, -0.25) is 14.9 Å². The molecule has 7 nitrogen and oxygen atoms in total. The summed E-state index contributed by atoms with van der Waals surface area (Å²) in [6, 6.07) is 15.0. The van der Waals surface area contributed by atoms with Gasteiger partial charge in [0.2, 0.25) is 5.91 Å². The van der Waals surface area contributed by atoms with Crippen molar-refractivity contribution in [2.75, 3.05) is 43.5 Å². The average Bonchev–Trinajstić information content (AvgIpc) is 2.88. The molecule has 0 aliphatic carbocycles. The van der Waals surface area contributed by atoms with E-state index in [-0.39, 0.29) is 11.0 Å². The highest BCUT2D eigenvalue weighted by Gasteiger charge is 2.23. The first-order valence-corrected chi connectivity index (χ1v) is 13.1. The molecule has 0 spiro atoms. The Balaban J connectivity index is 1.51. The Hall–Kier alpha value is -2.88. The summed E-state index contributed by atoms with van der Waals surface area (Å²) in [6.07, 6.45) is 0.500. The molecule has 36 heavy (non-hydrogen) atoms. The molecule has 0 unspecified atom stereocenters. The van der Waals surface area contributed by atoms with Crippen molar-refractivity contribution in [3.8, 4) is 5.75 Å². The fourth-order valence-electron chi connectivity index (χ4n) is 4.28. The number of rotatable bonds is 5. The summed E-state index contributed by atoms with van der Waals surface area (Å²) < 4.78 is 6.23. The molecular formula is C26H26BrClN4O3S. The summed E-state index contributed by atoms with van der Waals surface area (Å²) in [5, 5.41) is 8.39. The topological polar surface area (TPSA) is 73.9 Å². The molecule has 4 rings (SSSR count). The number of nitrogens with zero attached hydrogens (tertiary/aromatic N) is 2. The van der Waals surface area contributed by atoms with E-state index in [1.807, 2.05) is 48.2 Å². The summed E-state index contributed by atoms with van der Waals surface area (Å²) >= 11 is 15.3. The highest BCUT2D eigenvalue weighted by Crippen LogP contribution is 2.36. The Labute approximate surface area is 228 Å². The number of methoxy groups -OCH3 is 1. The number of halogens is 2. The van der Waals surface area contributed by atoms with Crippen LogP contribution in [0.2, 0.25) is 5.02 Å². The highest BCUT2D eigenvalue weighted by molar-refractivity contribution is 9.10. The standard InChI is InChI=1S/C26H26BrClN4O3S/c1-3-22(33)32-12-10-31(11-13-32)21-9-8-17(28)15-20(21)29-26(36)30-25(34)19-14-16-6-4-5-7-18(16)23(27)24(19)35-2/h4-9,14-15H,3,10-13H2,1-2H3,(H2,29,30,34,36). The van der Waals surface area contributed by atoms with E-state index in [1.165, 1.54) is 7.11 Å². The van der Waals surface area contributed by atoms with E-state index < -0.39 is 5.91 Å². The average molecular weight is 590 g/mol. The van der Waals surface area contributed by atoms with Crippen molar-refractivity contribution in [3.63, 3.8) is 0 Å². The molecule has 188 valence electrons. The minimum absolute atomic E-state index is 0.134. The molecule has 3 aromatic rings. The van der Waals surface area contributed by atoms with Crippen LogP contribution in [0.4, 0.5) is 11.4 Å². The monoisotopic (exact) mass is 588 g/mol. The van der Waals surface area contributed by atoms with E-state index in [0.717, 1.165) is 16.5 Å². The van der Waals surface area contributed by atoms with Crippen LogP contribution >= 0.6 is 39.7 Å². The second kappa shape index (κ2) is 11.5. The Morgan fingerprint density at radius 1 is 1.11 bits per heavy atom. The quantitative estimate of drug-likeness (QED) is 0.386. The zero-order valence-corrected chi connectivity index (χ0v) is 23.1. The third kappa shape index (κ3) is 5.58. The first-order valence-electron chi connectivity index (χ1n) is 11.5. The number of fused-ring (bicyclic) bond motifs is 1. The van der Waals surface area contributed by atoms with Gasteiger partial charge in [0.1, 0.15) is 5.75 Å². The van der Waals surface area contributed by atoms with E-state index in [9.17, 15) is 9.59 Å². The predicted molar refractivity (Wildman–Crippen MR) is 152 cm³/mol. The van der Waals surface area contributed by atoms with Crippen molar-refractivity contribution in [2.45, 2.75) is 13.3 Å². The largest absolute Gasteiger partial charge is 0.495 e. The summed E-state index contributed by atoms with van der Waals surface area (Å²) in [5.41, 5.74) is 1.93. The highest BCUT2D eigenvalue weighted by atomic mass is 79.9. The summed E-state index contributed by atoms with van der Waals surface area (Å²) in [6.45, 7) is 4.53. The molecule has 1 fully saturated rings. The van der Waals surface area contributed by atoms with Crippen LogP contribution in [0.1, 0.15) is 23.7 Å². The van der Waals surface area contributed by atoms with Crippen molar-refractivity contribution >= 4 is 78.8 Å². The van der Waals surface area contributed by atoms with E-state index in [2.05, 4.69) is 31.5 Å². The number of hydrogen-bond donors (Lipinski definition) is 2. The lowest BCUT2D eigenvalue weighted by Crippen LogP contribution is -2.48. The first kappa shape index (κ1) is 26.2. The van der Waals surface area contributed by atoms with Crippen molar-refractivity contribution in [1.82, 2.24) is 10.2 Å². The molecule has 0 aromatic heterocycles. The van der Waals surface area contributed by atoms with Crippen molar-refractivity contribution in [3.05, 3.63) is 63.6 Å². The van der Waals surface area contributed by atoms with Crippen LogP contribution in [-0.2, 0) is 4.79 Å². The first-order chi connectivity index (χ1) is 17.3.